The first-order valence-electron chi connectivity index (χ1n) is 10.5. The van der Waals surface area contributed by atoms with Gasteiger partial charge >= 0.3 is 0 Å². The van der Waals surface area contributed by atoms with Gasteiger partial charge in [-0.05, 0) is 38.7 Å². The predicted molar refractivity (Wildman–Crippen MR) is 121 cm³/mol. The Balaban J connectivity index is 1.54. The summed E-state index contributed by atoms with van der Waals surface area (Å²) < 4.78 is 34.1. The number of guanidine groups is 1. The molecule has 6 nitrogen and oxygen atoms in total. The molecule has 168 valence electrons. The van der Waals surface area contributed by atoms with Crippen molar-refractivity contribution in [1.82, 2.24) is 15.5 Å². The molecule has 1 saturated heterocycles. The number of ether oxygens (including phenoxy) is 1. The molecular formula is C23H31F2N5O. The van der Waals surface area contributed by atoms with Gasteiger partial charge in [-0.3, -0.25) is 4.99 Å². The molecule has 1 unspecified atom stereocenters. The van der Waals surface area contributed by atoms with Gasteiger partial charge in [0.25, 0.3) is 0 Å². The summed E-state index contributed by atoms with van der Waals surface area (Å²) in [6.45, 7) is 3.08. The van der Waals surface area contributed by atoms with Crippen LogP contribution in [0.2, 0.25) is 0 Å². The standard InChI is InChI=1S/C23H31F2N5O/c1-26-23(27-15-17-7-4-5-10-21(17)31-14-13-29(2)3)28-18-11-12-30(16-18)22-19(24)8-6-9-20(22)25/h4-10,18H,11-16H2,1-3H3,(H2,26,27,28). The molecule has 1 heterocycles. The fourth-order valence-corrected chi connectivity index (χ4v) is 3.57. The van der Waals surface area contributed by atoms with Gasteiger partial charge in [0, 0.05) is 44.8 Å². The predicted octanol–water partition coefficient (Wildman–Crippen LogP) is 2.85. The van der Waals surface area contributed by atoms with Gasteiger partial charge in [0.05, 0.1) is 0 Å². The highest BCUT2D eigenvalue weighted by atomic mass is 19.1. The molecule has 0 bridgehead atoms. The highest BCUT2D eigenvalue weighted by Gasteiger charge is 2.27. The lowest BCUT2D eigenvalue weighted by molar-refractivity contribution is 0.259. The van der Waals surface area contributed by atoms with E-state index in [0.717, 1.165) is 24.3 Å². The molecule has 1 aliphatic rings. The molecule has 8 heteroatoms. The molecule has 2 N–H and O–H groups in total. The third-order valence-electron chi connectivity index (χ3n) is 5.22. The van der Waals surface area contributed by atoms with Gasteiger partial charge in [-0.1, -0.05) is 24.3 Å². The SMILES string of the molecule is CN=C(NCc1ccccc1OCCN(C)C)NC1CCN(c2c(F)cccc2F)C1. The number of nitrogens with zero attached hydrogens (tertiary/aromatic N) is 3. The van der Waals surface area contributed by atoms with Crippen LogP contribution in [0.3, 0.4) is 0 Å². The van der Waals surface area contributed by atoms with E-state index in [2.05, 4.69) is 20.5 Å². The zero-order valence-corrected chi connectivity index (χ0v) is 18.4. The molecule has 0 aromatic heterocycles. The van der Waals surface area contributed by atoms with Gasteiger partial charge < -0.3 is 25.2 Å². The fraction of sp³-hybridized carbons (Fsp3) is 0.435. The Labute approximate surface area is 182 Å². The molecular weight excluding hydrogens is 400 g/mol. The first-order valence-corrected chi connectivity index (χ1v) is 10.5. The minimum atomic E-state index is -0.533. The van der Waals surface area contributed by atoms with Crippen LogP contribution in [-0.2, 0) is 6.54 Å². The van der Waals surface area contributed by atoms with E-state index in [0.29, 0.717) is 32.2 Å². The summed E-state index contributed by atoms with van der Waals surface area (Å²) in [5.74, 6) is 0.418. The molecule has 0 radical (unpaired) electrons. The Kier molecular flexibility index (Phi) is 8.06. The molecule has 31 heavy (non-hydrogen) atoms. The number of likely N-dealkylation sites (N-methyl/N-ethyl adjacent to an activating group) is 1. The molecule has 3 rings (SSSR count). The third kappa shape index (κ3) is 6.30. The van der Waals surface area contributed by atoms with E-state index in [4.69, 9.17) is 4.74 Å². The summed E-state index contributed by atoms with van der Waals surface area (Å²) in [6, 6.07) is 11.9. The van der Waals surface area contributed by atoms with Crippen molar-refractivity contribution in [2.75, 3.05) is 52.3 Å². The van der Waals surface area contributed by atoms with Crippen LogP contribution in [0, 0.1) is 11.6 Å². The molecule has 2 aromatic rings. The second kappa shape index (κ2) is 10.9. The van der Waals surface area contributed by atoms with Gasteiger partial charge in [-0.15, -0.1) is 0 Å². The van der Waals surface area contributed by atoms with Crippen molar-refractivity contribution >= 4 is 11.6 Å². The lowest BCUT2D eigenvalue weighted by Crippen LogP contribution is -2.44. The topological polar surface area (TPSA) is 52.1 Å². The Morgan fingerprint density at radius 2 is 1.90 bits per heavy atom. The average molecular weight is 432 g/mol. The van der Waals surface area contributed by atoms with Crippen molar-refractivity contribution in [3.05, 3.63) is 59.7 Å². The second-order valence-electron chi connectivity index (χ2n) is 7.83. The van der Waals surface area contributed by atoms with Crippen LogP contribution in [0.1, 0.15) is 12.0 Å². The van der Waals surface area contributed by atoms with Gasteiger partial charge in [0.1, 0.15) is 29.7 Å². The van der Waals surface area contributed by atoms with E-state index >= 15 is 0 Å². The molecule has 1 atom stereocenters. The molecule has 1 fully saturated rings. The summed E-state index contributed by atoms with van der Waals surface area (Å²) in [6.07, 6.45) is 0.763. The smallest absolute Gasteiger partial charge is 0.191 e. The van der Waals surface area contributed by atoms with Crippen molar-refractivity contribution in [3.63, 3.8) is 0 Å². The number of anilines is 1. The van der Waals surface area contributed by atoms with Gasteiger partial charge in [0.15, 0.2) is 5.96 Å². The van der Waals surface area contributed by atoms with Crippen molar-refractivity contribution in [1.29, 1.82) is 0 Å². The van der Waals surface area contributed by atoms with Crippen LogP contribution in [0.4, 0.5) is 14.5 Å². The number of rotatable bonds is 8. The Morgan fingerprint density at radius 1 is 1.16 bits per heavy atom. The summed E-state index contributed by atoms with van der Waals surface area (Å²) >= 11 is 0. The number of hydrogen-bond donors (Lipinski definition) is 2. The van der Waals surface area contributed by atoms with E-state index in [1.165, 1.54) is 18.2 Å². The van der Waals surface area contributed by atoms with Crippen molar-refractivity contribution in [2.45, 2.75) is 19.0 Å². The zero-order valence-electron chi connectivity index (χ0n) is 18.4. The van der Waals surface area contributed by atoms with Crippen molar-refractivity contribution in [2.24, 2.45) is 4.99 Å². The van der Waals surface area contributed by atoms with Crippen LogP contribution in [0.5, 0.6) is 5.75 Å². The van der Waals surface area contributed by atoms with Crippen LogP contribution < -0.4 is 20.3 Å². The largest absolute Gasteiger partial charge is 0.492 e. The minimum Gasteiger partial charge on any atom is -0.492 e. The van der Waals surface area contributed by atoms with Crippen LogP contribution in [0.25, 0.3) is 0 Å². The molecule has 0 saturated carbocycles. The van der Waals surface area contributed by atoms with E-state index < -0.39 is 11.6 Å². The molecule has 0 spiro atoms. The highest BCUT2D eigenvalue weighted by molar-refractivity contribution is 5.80. The number of para-hydroxylation sites is 2. The Bertz CT molecular complexity index is 870. The molecule has 0 aliphatic carbocycles. The van der Waals surface area contributed by atoms with E-state index in [9.17, 15) is 8.78 Å². The number of benzene rings is 2. The summed E-state index contributed by atoms with van der Waals surface area (Å²) in [5, 5.41) is 6.67. The van der Waals surface area contributed by atoms with Crippen LogP contribution in [-0.4, -0.2) is 64.3 Å². The maximum atomic E-state index is 14.1. The van der Waals surface area contributed by atoms with E-state index in [-0.39, 0.29) is 11.7 Å². The summed E-state index contributed by atoms with van der Waals surface area (Å²) in [7, 11) is 5.73. The zero-order chi connectivity index (χ0) is 22.2. The number of hydrogen-bond acceptors (Lipinski definition) is 4. The maximum absolute atomic E-state index is 14.1. The lowest BCUT2D eigenvalue weighted by Gasteiger charge is -2.21. The molecule has 2 aromatic carbocycles. The molecule has 1 aliphatic heterocycles. The van der Waals surface area contributed by atoms with Gasteiger partial charge in [-0.2, -0.15) is 0 Å². The first-order chi connectivity index (χ1) is 15.0. The first kappa shape index (κ1) is 22.8. The highest BCUT2D eigenvalue weighted by Crippen LogP contribution is 2.26. The second-order valence-corrected chi connectivity index (χ2v) is 7.83. The number of aliphatic imine (C=N–C) groups is 1. The van der Waals surface area contributed by atoms with E-state index in [1.54, 1.807) is 11.9 Å². The minimum absolute atomic E-state index is 0.0387. The monoisotopic (exact) mass is 431 g/mol. The lowest BCUT2D eigenvalue weighted by atomic mass is 10.2. The van der Waals surface area contributed by atoms with Crippen molar-refractivity contribution < 1.29 is 13.5 Å². The summed E-state index contributed by atoms with van der Waals surface area (Å²) in [4.78, 5) is 8.11. The van der Waals surface area contributed by atoms with Gasteiger partial charge in [0.2, 0.25) is 0 Å². The van der Waals surface area contributed by atoms with Crippen molar-refractivity contribution in [3.8, 4) is 5.75 Å². The Morgan fingerprint density at radius 3 is 2.61 bits per heavy atom. The maximum Gasteiger partial charge on any atom is 0.191 e. The average Bonchev–Trinajstić information content (AvgIpc) is 3.19. The van der Waals surface area contributed by atoms with Crippen LogP contribution in [0.15, 0.2) is 47.5 Å². The number of halogens is 2. The fourth-order valence-electron chi connectivity index (χ4n) is 3.57. The number of nitrogens with one attached hydrogen (secondary N) is 2. The quantitative estimate of drug-likeness (QED) is 0.497. The summed E-state index contributed by atoms with van der Waals surface area (Å²) in [5.41, 5.74) is 1.07. The van der Waals surface area contributed by atoms with E-state index in [1.807, 2.05) is 38.4 Å². The normalized spacial score (nSPS) is 16.6. The molecule has 0 amide bonds. The van der Waals surface area contributed by atoms with Gasteiger partial charge in [-0.25, -0.2) is 8.78 Å². The van der Waals surface area contributed by atoms with Crippen LogP contribution >= 0.6 is 0 Å². The third-order valence-corrected chi connectivity index (χ3v) is 5.22. The Hall–Kier alpha value is -2.87.